The van der Waals surface area contributed by atoms with Crippen LogP contribution in [0.25, 0.3) is 0 Å². The highest BCUT2D eigenvalue weighted by Gasteiger charge is 2.13. The van der Waals surface area contributed by atoms with Gasteiger partial charge in [-0.15, -0.1) is 0 Å². The molecule has 2 aromatic carbocycles. The number of fused-ring (bicyclic) bond motifs is 1. The standard InChI is InChI=1S/C17H14N2O4/c18-10-12-2-1-3-14(8-12)23-11-17(20)19-13-4-5-15-16(9-13)22-7-6-21-15/h1-5,8-9H,6-7,11H2,(H,19,20). The largest absolute Gasteiger partial charge is 0.486 e. The fourth-order valence-corrected chi connectivity index (χ4v) is 2.12. The summed E-state index contributed by atoms with van der Waals surface area (Å²) in [6.07, 6.45) is 0. The molecule has 116 valence electrons. The van der Waals surface area contributed by atoms with Crippen LogP contribution in [-0.2, 0) is 4.79 Å². The van der Waals surface area contributed by atoms with E-state index in [-0.39, 0.29) is 12.5 Å². The smallest absolute Gasteiger partial charge is 0.262 e. The summed E-state index contributed by atoms with van der Waals surface area (Å²) in [6, 6.07) is 13.9. The molecule has 6 heteroatoms. The van der Waals surface area contributed by atoms with E-state index in [4.69, 9.17) is 19.5 Å². The molecule has 3 rings (SSSR count). The van der Waals surface area contributed by atoms with Gasteiger partial charge >= 0.3 is 0 Å². The first kappa shape index (κ1) is 14.7. The maximum Gasteiger partial charge on any atom is 0.262 e. The average molecular weight is 310 g/mol. The molecule has 0 atom stereocenters. The first-order chi connectivity index (χ1) is 11.2. The average Bonchev–Trinajstić information content (AvgIpc) is 2.60. The number of benzene rings is 2. The number of nitrogens with zero attached hydrogens (tertiary/aromatic N) is 1. The third kappa shape index (κ3) is 3.71. The number of carbonyl (C=O) groups is 1. The Morgan fingerprint density at radius 3 is 2.83 bits per heavy atom. The van der Waals surface area contributed by atoms with Gasteiger partial charge < -0.3 is 19.5 Å². The minimum atomic E-state index is -0.302. The molecule has 2 aromatic rings. The zero-order chi connectivity index (χ0) is 16.1. The molecule has 0 saturated carbocycles. The molecule has 1 heterocycles. The van der Waals surface area contributed by atoms with Gasteiger partial charge in [0.15, 0.2) is 18.1 Å². The van der Waals surface area contributed by atoms with Gasteiger partial charge in [0.2, 0.25) is 0 Å². The van der Waals surface area contributed by atoms with Crippen LogP contribution in [0, 0.1) is 11.3 Å². The Balaban J connectivity index is 1.58. The van der Waals surface area contributed by atoms with Gasteiger partial charge in [-0.3, -0.25) is 4.79 Å². The third-order valence-corrected chi connectivity index (χ3v) is 3.16. The lowest BCUT2D eigenvalue weighted by Crippen LogP contribution is -2.20. The summed E-state index contributed by atoms with van der Waals surface area (Å²) < 4.78 is 16.3. The Labute approximate surface area is 133 Å². The van der Waals surface area contributed by atoms with E-state index in [1.807, 2.05) is 6.07 Å². The quantitative estimate of drug-likeness (QED) is 0.937. The van der Waals surface area contributed by atoms with Gasteiger partial charge in [0.1, 0.15) is 19.0 Å². The summed E-state index contributed by atoms with van der Waals surface area (Å²) in [5, 5.41) is 11.6. The van der Waals surface area contributed by atoms with E-state index < -0.39 is 0 Å². The Hall–Kier alpha value is -3.20. The van der Waals surface area contributed by atoms with Crippen molar-refractivity contribution in [2.75, 3.05) is 25.1 Å². The van der Waals surface area contributed by atoms with Gasteiger partial charge in [-0.05, 0) is 30.3 Å². The van der Waals surface area contributed by atoms with Gasteiger partial charge in [0.25, 0.3) is 5.91 Å². The van der Waals surface area contributed by atoms with Crippen molar-refractivity contribution in [3.8, 4) is 23.3 Å². The number of hydrogen-bond donors (Lipinski definition) is 1. The fraction of sp³-hybridized carbons (Fsp3) is 0.176. The highest BCUT2D eigenvalue weighted by Crippen LogP contribution is 2.32. The Kier molecular flexibility index (Phi) is 4.29. The highest BCUT2D eigenvalue weighted by atomic mass is 16.6. The Morgan fingerprint density at radius 1 is 1.17 bits per heavy atom. The first-order valence-corrected chi connectivity index (χ1v) is 7.07. The fourth-order valence-electron chi connectivity index (χ4n) is 2.12. The molecular weight excluding hydrogens is 296 g/mol. The number of nitriles is 1. The number of rotatable bonds is 4. The lowest BCUT2D eigenvalue weighted by Gasteiger charge is -2.19. The van der Waals surface area contributed by atoms with E-state index in [9.17, 15) is 4.79 Å². The lowest BCUT2D eigenvalue weighted by atomic mass is 10.2. The summed E-state index contributed by atoms with van der Waals surface area (Å²) >= 11 is 0. The lowest BCUT2D eigenvalue weighted by molar-refractivity contribution is -0.118. The summed E-state index contributed by atoms with van der Waals surface area (Å²) in [5.74, 6) is 1.45. The van der Waals surface area contributed by atoms with Gasteiger partial charge in [-0.2, -0.15) is 5.26 Å². The van der Waals surface area contributed by atoms with E-state index >= 15 is 0 Å². The number of amides is 1. The number of nitrogens with one attached hydrogen (secondary N) is 1. The normalized spacial score (nSPS) is 12.1. The van der Waals surface area contributed by atoms with Crippen LogP contribution in [-0.4, -0.2) is 25.7 Å². The zero-order valence-corrected chi connectivity index (χ0v) is 12.2. The van der Waals surface area contributed by atoms with E-state index in [0.29, 0.717) is 41.7 Å². The molecular formula is C17H14N2O4. The van der Waals surface area contributed by atoms with Crippen molar-refractivity contribution >= 4 is 11.6 Å². The second-order valence-electron chi connectivity index (χ2n) is 4.83. The summed E-state index contributed by atoms with van der Waals surface area (Å²) in [4.78, 5) is 11.9. The van der Waals surface area contributed by atoms with E-state index in [0.717, 1.165) is 0 Å². The molecule has 0 bridgehead atoms. The predicted molar refractivity (Wildman–Crippen MR) is 82.7 cm³/mol. The van der Waals surface area contributed by atoms with Crippen molar-refractivity contribution in [2.45, 2.75) is 0 Å². The van der Waals surface area contributed by atoms with Crippen molar-refractivity contribution < 1.29 is 19.0 Å². The van der Waals surface area contributed by atoms with Crippen molar-refractivity contribution in [1.82, 2.24) is 0 Å². The molecule has 0 aliphatic carbocycles. The predicted octanol–water partition coefficient (Wildman–Crippen LogP) is 2.35. The minimum Gasteiger partial charge on any atom is -0.486 e. The Bertz CT molecular complexity index is 767. The number of hydrogen-bond acceptors (Lipinski definition) is 5. The monoisotopic (exact) mass is 310 g/mol. The van der Waals surface area contributed by atoms with Crippen molar-refractivity contribution in [3.05, 3.63) is 48.0 Å². The molecule has 0 aromatic heterocycles. The summed E-state index contributed by atoms with van der Waals surface area (Å²) in [6.45, 7) is 0.861. The van der Waals surface area contributed by atoms with Crippen LogP contribution >= 0.6 is 0 Å². The van der Waals surface area contributed by atoms with Gasteiger partial charge in [-0.1, -0.05) is 6.07 Å². The SMILES string of the molecule is N#Cc1cccc(OCC(=O)Nc2ccc3c(c2)OCCO3)c1. The van der Waals surface area contributed by atoms with Crippen LogP contribution in [0.3, 0.4) is 0 Å². The van der Waals surface area contributed by atoms with E-state index in [2.05, 4.69) is 5.32 Å². The van der Waals surface area contributed by atoms with Crippen molar-refractivity contribution in [1.29, 1.82) is 5.26 Å². The molecule has 23 heavy (non-hydrogen) atoms. The van der Waals surface area contributed by atoms with Crippen molar-refractivity contribution in [2.24, 2.45) is 0 Å². The zero-order valence-electron chi connectivity index (χ0n) is 12.2. The summed E-state index contributed by atoms with van der Waals surface area (Å²) in [7, 11) is 0. The molecule has 0 saturated heterocycles. The topological polar surface area (TPSA) is 80.6 Å². The minimum absolute atomic E-state index is 0.149. The van der Waals surface area contributed by atoms with Gasteiger partial charge in [-0.25, -0.2) is 0 Å². The second kappa shape index (κ2) is 6.71. The third-order valence-electron chi connectivity index (χ3n) is 3.16. The van der Waals surface area contributed by atoms with Crippen LogP contribution in [0.5, 0.6) is 17.2 Å². The Morgan fingerprint density at radius 2 is 2.00 bits per heavy atom. The summed E-state index contributed by atoms with van der Waals surface area (Å²) in [5.41, 5.74) is 1.09. The van der Waals surface area contributed by atoms with Gasteiger partial charge in [0.05, 0.1) is 11.6 Å². The molecule has 0 radical (unpaired) electrons. The molecule has 1 aliphatic heterocycles. The maximum absolute atomic E-state index is 11.9. The van der Waals surface area contributed by atoms with Crippen molar-refractivity contribution in [3.63, 3.8) is 0 Å². The van der Waals surface area contributed by atoms with E-state index in [1.54, 1.807) is 42.5 Å². The van der Waals surface area contributed by atoms with Crippen LogP contribution < -0.4 is 19.5 Å². The van der Waals surface area contributed by atoms with Gasteiger partial charge in [0, 0.05) is 11.8 Å². The van der Waals surface area contributed by atoms with Crippen LogP contribution in [0.2, 0.25) is 0 Å². The molecule has 1 aliphatic rings. The number of carbonyl (C=O) groups excluding carboxylic acids is 1. The molecule has 0 spiro atoms. The number of anilines is 1. The number of ether oxygens (including phenoxy) is 3. The molecule has 0 unspecified atom stereocenters. The molecule has 1 amide bonds. The molecule has 1 N–H and O–H groups in total. The first-order valence-electron chi connectivity index (χ1n) is 7.07. The second-order valence-corrected chi connectivity index (χ2v) is 4.83. The van der Waals surface area contributed by atoms with Crippen LogP contribution in [0.4, 0.5) is 5.69 Å². The highest BCUT2D eigenvalue weighted by molar-refractivity contribution is 5.92. The maximum atomic E-state index is 11.9. The molecule has 0 fully saturated rings. The van der Waals surface area contributed by atoms with Crippen LogP contribution in [0.15, 0.2) is 42.5 Å². The molecule has 6 nitrogen and oxygen atoms in total. The van der Waals surface area contributed by atoms with Crippen LogP contribution in [0.1, 0.15) is 5.56 Å². The van der Waals surface area contributed by atoms with E-state index in [1.165, 1.54) is 0 Å².